The van der Waals surface area contributed by atoms with Gasteiger partial charge < -0.3 is 10.4 Å². The van der Waals surface area contributed by atoms with Crippen LogP contribution >= 0.6 is 15.9 Å². The molecule has 0 aliphatic heterocycles. The van der Waals surface area contributed by atoms with Crippen LogP contribution < -0.4 is 5.32 Å². The highest BCUT2D eigenvalue weighted by molar-refractivity contribution is 9.10. The number of aryl methyl sites for hydroxylation is 1. The molecular formula is C14H13BrN2O2. The molecule has 1 aromatic heterocycles. The van der Waals surface area contributed by atoms with Crippen LogP contribution in [0.5, 0.6) is 0 Å². The minimum atomic E-state index is -0.984. The lowest BCUT2D eigenvalue weighted by atomic mass is 10.2. The zero-order valence-electron chi connectivity index (χ0n) is 10.4. The largest absolute Gasteiger partial charge is 0.478 e. The SMILES string of the molecule is Cc1cc(NCc2ccccc2Br)c(C(=O)O)cn1. The number of carboxylic acids is 1. The molecule has 0 radical (unpaired) electrons. The normalized spacial score (nSPS) is 10.2. The topological polar surface area (TPSA) is 62.2 Å². The van der Waals surface area contributed by atoms with Crippen LogP contribution in [0.15, 0.2) is 41.0 Å². The number of pyridine rings is 1. The maximum atomic E-state index is 11.1. The molecule has 2 aromatic rings. The standard InChI is InChI=1S/C14H13BrN2O2/c1-9-6-13(11(8-16-9)14(18)19)17-7-10-4-2-3-5-12(10)15/h2-6,8H,7H2,1H3,(H,16,17)(H,18,19). The molecular weight excluding hydrogens is 308 g/mol. The maximum Gasteiger partial charge on any atom is 0.339 e. The van der Waals surface area contributed by atoms with E-state index in [0.717, 1.165) is 15.7 Å². The van der Waals surface area contributed by atoms with E-state index in [0.29, 0.717) is 12.2 Å². The van der Waals surface area contributed by atoms with Crippen LogP contribution in [0.2, 0.25) is 0 Å². The first-order chi connectivity index (χ1) is 9.08. The fraction of sp³-hybridized carbons (Fsp3) is 0.143. The van der Waals surface area contributed by atoms with Crippen molar-refractivity contribution in [3.63, 3.8) is 0 Å². The fourth-order valence-electron chi connectivity index (χ4n) is 1.71. The van der Waals surface area contributed by atoms with Crippen LogP contribution in [0.4, 0.5) is 5.69 Å². The van der Waals surface area contributed by atoms with Crippen LogP contribution in [-0.4, -0.2) is 16.1 Å². The van der Waals surface area contributed by atoms with E-state index in [1.54, 1.807) is 6.07 Å². The van der Waals surface area contributed by atoms with Crippen molar-refractivity contribution in [1.82, 2.24) is 4.98 Å². The van der Waals surface area contributed by atoms with Gasteiger partial charge >= 0.3 is 5.97 Å². The molecule has 0 spiro atoms. The molecule has 1 heterocycles. The van der Waals surface area contributed by atoms with Crippen LogP contribution in [0, 0.1) is 6.92 Å². The number of aromatic carboxylic acids is 1. The van der Waals surface area contributed by atoms with Gasteiger partial charge in [0.2, 0.25) is 0 Å². The number of carbonyl (C=O) groups is 1. The number of rotatable bonds is 4. The van der Waals surface area contributed by atoms with E-state index >= 15 is 0 Å². The van der Waals surface area contributed by atoms with Gasteiger partial charge in [-0.05, 0) is 24.6 Å². The van der Waals surface area contributed by atoms with Gasteiger partial charge in [-0.15, -0.1) is 0 Å². The lowest BCUT2D eigenvalue weighted by Gasteiger charge is -2.11. The van der Waals surface area contributed by atoms with Gasteiger partial charge in [-0.3, -0.25) is 4.98 Å². The van der Waals surface area contributed by atoms with E-state index < -0.39 is 5.97 Å². The molecule has 2 rings (SSSR count). The number of hydrogen-bond donors (Lipinski definition) is 2. The summed E-state index contributed by atoms with van der Waals surface area (Å²) in [5.74, 6) is -0.984. The minimum absolute atomic E-state index is 0.178. The number of anilines is 1. The summed E-state index contributed by atoms with van der Waals surface area (Å²) in [6.45, 7) is 2.38. The van der Waals surface area contributed by atoms with E-state index in [4.69, 9.17) is 5.11 Å². The molecule has 19 heavy (non-hydrogen) atoms. The number of nitrogens with one attached hydrogen (secondary N) is 1. The molecule has 0 atom stereocenters. The number of nitrogens with zero attached hydrogens (tertiary/aromatic N) is 1. The Hall–Kier alpha value is -1.88. The van der Waals surface area contributed by atoms with E-state index in [9.17, 15) is 4.79 Å². The quantitative estimate of drug-likeness (QED) is 0.905. The van der Waals surface area contributed by atoms with Crippen molar-refractivity contribution in [1.29, 1.82) is 0 Å². The summed E-state index contributed by atoms with van der Waals surface area (Å²) in [5, 5.41) is 12.3. The molecule has 5 heteroatoms. The van der Waals surface area contributed by atoms with E-state index in [2.05, 4.69) is 26.2 Å². The highest BCUT2D eigenvalue weighted by Gasteiger charge is 2.11. The Morgan fingerprint density at radius 3 is 2.84 bits per heavy atom. The minimum Gasteiger partial charge on any atom is -0.478 e. The van der Waals surface area contributed by atoms with Crippen molar-refractivity contribution in [3.8, 4) is 0 Å². The number of hydrogen-bond acceptors (Lipinski definition) is 3. The van der Waals surface area contributed by atoms with E-state index in [-0.39, 0.29) is 5.56 Å². The monoisotopic (exact) mass is 320 g/mol. The third kappa shape index (κ3) is 3.32. The van der Waals surface area contributed by atoms with Gasteiger partial charge in [0, 0.05) is 22.9 Å². The Morgan fingerprint density at radius 1 is 1.42 bits per heavy atom. The summed E-state index contributed by atoms with van der Waals surface area (Å²) < 4.78 is 0.991. The Bertz CT molecular complexity index is 614. The third-order valence-corrected chi connectivity index (χ3v) is 3.47. The predicted molar refractivity (Wildman–Crippen MR) is 77.4 cm³/mol. The molecule has 1 aromatic carbocycles. The van der Waals surface area contributed by atoms with Gasteiger partial charge in [0.15, 0.2) is 0 Å². The highest BCUT2D eigenvalue weighted by Crippen LogP contribution is 2.20. The zero-order valence-corrected chi connectivity index (χ0v) is 11.9. The third-order valence-electron chi connectivity index (χ3n) is 2.70. The van der Waals surface area contributed by atoms with Gasteiger partial charge in [0.05, 0.1) is 5.69 Å². The van der Waals surface area contributed by atoms with Crippen LogP contribution in [0.1, 0.15) is 21.6 Å². The van der Waals surface area contributed by atoms with Crippen LogP contribution in [0.25, 0.3) is 0 Å². The molecule has 2 N–H and O–H groups in total. The first kappa shape index (κ1) is 13.5. The van der Waals surface area contributed by atoms with Crippen molar-refractivity contribution in [2.45, 2.75) is 13.5 Å². The number of benzene rings is 1. The predicted octanol–water partition coefficient (Wildman–Crippen LogP) is 3.46. The number of halogens is 1. The lowest BCUT2D eigenvalue weighted by molar-refractivity contribution is 0.0697. The average Bonchev–Trinajstić information content (AvgIpc) is 2.37. The van der Waals surface area contributed by atoms with Gasteiger partial charge in [-0.25, -0.2) is 4.79 Å². The van der Waals surface area contributed by atoms with Crippen LogP contribution in [-0.2, 0) is 6.54 Å². The Kier molecular flexibility index (Phi) is 4.16. The summed E-state index contributed by atoms with van der Waals surface area (Å²) in [4.78, 5) is 15.1. The first-order valence-electron chi connectivity index (χ1n) is 5.75. The van der Waals surface area contributed by atoms with Gasteiger partial charge in [0.25, 0.3) is 0 Å². The summed E-state index contributed by atoms with van der Waals surface area (Å²) >= 11 is 3.46. The van der Waals surface area contributed by atoms with Gasteiger partial charge in [-0.1, -0.05) is 34.1 Å². The maximum absolute atomic E-state index is 11.1. The molecule has 0 unspecified atom stereocenters. The van der Waals surface area contributed by atoms with Crippen molar-refractivity contribution < 1.29 is 9.90 Å². The van der Waals surface area contributed by atoms with E-state index in [1.165, 1.54) is 6.20 Å². The van der Waals surface area contributed by atoms with Crippen molar-refractivity contribution in [2.24, 2.45) is 0 Å². The summed E-state index contributed by atoms with van der Waals surface area (Å²) in [5.41, 5.74) is 2.60. The van der Waals surface area contributed by atoms with Crippen molar-refractivity contribution in [2.75, 3.05) is 5.32 Å². The van der Waals surface area contributed by atoms with Gasteiger partial charge in [-0.2, -0.15) is 0 Å². The second kappa shape index (κ2) is 5.84. The van der Waals surface area contributed by atoms with Crippen molar-refractivity contribution >= 4 is 27.6 Å². The molecule has 0 aliphatic carbocycles. The van der Waals surface area contributed by atoms with Gasteiger partial charge in [0.1, 0.15) is 5.56 Å². The van der Waals surface area contributed by atoms with Crippen LogP contribution in [0.3, 0.4) is 0 Å². The summed E-state index contributed by atoms with van der Waals surface area (Å²) in [6.07, 6.45) is 1.38. The second-order valence-corrected chi connectivity index (χ2v) is 4.98. The molecule has 4 nitrogen and oxygen atoms in total. The Morgan fingerprint density at radius 2 is 2.16 bits per heavy atom. The first-order valence-corrected chi connectivity index (χ1v) is 6.54. The molecule has 0 amide bonds. The molecule has 0 bridgehead atoms. The lowest BCUT2D eigenvalue weighted by Crippen LogP contribution is -2.08. The van der Waals surface area contributed by atoms with E-state index in [1.807, 2.05) is 31.2 Å². The zero-order chi connectivity index (χ0) is 13.8. The second-order valence-electron chi connectivity index (χ2n) is 4.12. The Balaban J connectivity index is 2.22. The number of aromatic nitrogens is 1. The average molecular weight is 321 g/mol. The molecule has 0 fully saturated rings. The highest BCUT2D eigenvalue weighted by atomic mass is 79.9. The smallest absolute Gasteiger partial charge is 0.339 e. The molecule has 0 saturated carbocycles. The Labute approximate surface area is 119 Å². The molecule has 0 aliphatic rings. The van der Waals surface area contributed by atoms with Crippen molar-refractivity contribution in [3.05, 3.63) is 57.8 Å². The number of carboxylic acid groups (broad SMARTS) is 1. The summed E-state index contributed by atoms with van der Waals surface area (Å²) in [6, 6.07) is 9.54. The fourth-order valence-corrected chi connectivity index (χ4v) is 2.13. The summed E-state index contributed by atoms with van der Waals surface area (Å²) in [7, 11) is 0. The molecule has 98 valence electrons. The molecule has 0 saturated heterocycles.